The lowest BCUT2D eigenvalue weighted by Gasteiger charge is -2.15. The molecule has 0 bridgehead atoms. The van der Waals surface area contributed by atoms with Gasteiger partial charge in [-0.1, -0.05) is 42.0 Å². The van der Waals surface area contributed by atoms with Crippen LogP contribution in [-0.4, -0.2) is 33.7 Å². The number of rotatable bonds is 6. The molecule has 4 nitrogen and oxygen atoms in total. The van der Waals surface area contributed by atoms with Crippen molar-refractivity contribution in [2.75, 3.05) is 13.1 Å². The molecule has 32 heavy (non-hydrogen) atoms. The van der Waals surface area contributed by atoms with Crippen LogP contribution in [0.25, 0.3) is 21.9 Å². The van der Waals surface area contributed by atoms with E-state index in [1.165, 1.54) is 31.5 Å². The zero-order valence-electron chi connectivity index (χ0n) is 18.4. The molecule has 4 aromatic rings. The van der Waals surface area contributed by atoms with E-state index in [0.717, 1.165) is 45.3 Å². The van der Waals surface area contributed by atoms with E-state index in [1.54, 1.807) is 0 Å². The van der Waals surface area contributed by atoms with Crippen molar-refractivity contribution in [1.82, 2.24) is 14.9 Å². The topological polar surface area (TPSA) is 46.1 Å². The van der Waals surface area contributed by atoms with Crippen molar-refractivity contribution in [2.24, 2.45) is 0 Å². The minimum atomic E-state index is 0.0896. The maximum absolute atomic E-state index is 12.7. The Hall–Kier alpha value is -3.37. The Morgan fingerprint density at radius 2 is 1.69 bits per heavy atom. The van der Waals surface area contributed by atoms with Gasteiger partial charge in [-0.3, -0.25) is 19.7 Å². The Morgan fingerprint density at radius 1 is 0.875 bits per heavy atom. The smallest absolute Gasteiger partial charge is 0.168 e. The SMILES string of the molecule is Cc1ccc(C(=O)Cc2cc3cc(-c4cncc(CN5CCCC5)c4)ccc3cn2)cc1. The lowest BCUT2D eigenvalue weighted by molar-refractivity contribution is 0.0992. The summed E-state index contributed by atoms with van der Waals surface area (Å²) in [6.45, 7) is 5.34. The molecule has 3 heterocycles. The predicted octanol–water partition coefficient (Wildman–Crippen LogP) is 5.63. The molecule has 0 aliphatic carbocycles. The summed E-state index contributed by atoms with van der Waals surface area (Å²) >= 11 is 0. The summed E-state index contributed by atoms with van der Waals surface area (Å²) in [6.07, 6.45) is 8.65. The van der Waals surface area contributed by atoms with Gasteiger partial charge in [0.2, 0.25) is 0 Å². The highest BCUT2D eigenvalue weighted by Gasteiger charge is 2.13. The van der Waals surface area contributed by atoms with Crippen LogP contribution in [0, 0.1) is 6.92 Å². The fourth-order valence-electron chi connectivity index (χ4n) is 4.40. The molecule has 1 saturated heterocycles. The average Bonchev–Trinajstić information content (AvgIpc) is 3.32. The molecule has 5 rings (SSSR count). The summed E-state index contributed by atoms with van der Waals surface area (Å²) in [4.78, 5) is 24.2. The number of carbonyl (C=O) groups is 1. The number of nitrogens with zero attached hydrogens (tertiary/aromatic N) is 3. The maximum Gasteiger partial charge on any atom is 0.168 e. The molecule has 0 saturated carbocycles. The van der Waals surface area contributed by atoms with Gasteiger partial charge >= 0.3 is 0 Å². The molecule has 0 N–H and O–H groups in total. The Labute approximate surface area is 189 Å². The van der Waals surface area contributed by atoms with Crippen molar-refractivity contribution in [3.63, 3.8) is 0 Å². The van der Waals surface area contributed by atoms with E-state index in [4.69, 9.17) is 0 Å². The zero-order chi connectivity index (χ0) is 21.9. The second kappa shape index (κ2) is 9.01. The number of ketones is 1. The number of aryl methyl sites for hydroxylation is 1. The van der Waals surface area contributed by atoms with E-state index >= 15 is 0 Å². The Balaban J connectivity index is 1.38. The van der Waals surface area contributed by atoms with Crippen molar-refractivity contribution in [2.45, 2.75) is 32.7 Å². The molecule has 1 aliphatic heterocycles. The standard InChI is InChI=1S/C28H27N3O/c1-20-4-6-22(7-5-20)28(32)15-27-14-25-13-23(8-9-24(25)18-30-27)26-12-21(16-29-17-26)19-31-10-2-3-11-31/h4-9,12-14,16-18H,2-3,10-11,15,19H2,1H3. The van der Waals surface area contributed by atoms with E-state index in [2.05, 4.69) is 39.1 Å². The van der Waals surface area contributed by atoms with Gasteiger partial charge in [0.15, 0.2) is 5.78 Å². The normalized spacial score (nSPS) is 14.2. The number of carbonyl (C=O) groups excluding carboxylic acids is 1. The Bertz CT molecular complexity index is 1260. The number of fused-ring (bicyclic) bond motifs is 1. The van der Waals surface area contributed by atoms with Crippen LogP contribution in [0.1, 0.15) is 40.0 Å². The molecule has 2 aromatic heterocycles. The van der Waals surface area contributed by atoms with E-state index < -0.39 is 0 Å². The summed E-state index contributed by atoms with van der Waals surface area (Å²) in [5, 5.41) is 2.16. The average molecular weight is 422 g/mol. The largest absolute Gasteiger partial charge is 0.299 e. The van der Waals surface area contributed by atoms with Crippen LogP contribution < -0.4 is 0 Å². The predicted molar refractivity (Wildman–Crippen MR) is 129 cm³/mol. The summed E-state index contributed by atoms with van der Waals surface area (Å²) in [7, 11) is 0. The summed E-state index contributed by atoms with van der Waals surface area (Å²) in [5.74, 6) is 0.0896. The van der Waals surface area contributed by atoms with Crippen LogP contribution >= 0.6 is 0 Å². The molecule has 0 radical (unpaired) electrons. The molecular formula is C28H27N3O. The summed E-state index contributed by atoms with van der Waals surface area (Å²) in [6, 6.07) is 18.4. The van der Waals surface area contributed by atoms with Gasteiger partial charge in [-0.15, -0.1) is 0 Å². The van der Waals surface area contributed by atoms with Gasteiger partial charge in [0.1, 0.15) is 0 Å². The first-order valence-corrected chi connectivity index (χ1v) is 11.3. The highest BCUT2D eigenvalue weighted by atomic mass is 16.1. The van der Waals surface area contributed by atoms with E-state index in [9.17, 15) is 4.79 Å². The van der Waals surface area contributed by atoms with Crippen molar-refractivity contribution < 1.29 is 4.79 Å². The van der Waals surface area contributed by atoms with Crippen LogP contribution in [0.15, 0.2) is 73.2 Å². The Morgan fingerprint density at radius 3 is 2.50 bits per heavy atom. The molecule has 1 aliphatic rings. The van der Waals surface area contributed by atoms with Crippen LogP contribution in [0.4, 0.5) is 0 Å². The number of hydrogen-bond donors (Lipinski definition) is 0. The van der Waals surface area contributed by atoms with Gasteiger partial charge < -0.3 is 0 Å². The summed E-state index contributed by atoms with van der Waals surface area (Å²) in [5.41, 5.74) is 6.18. The Kier molecular flexibility index (Phi) is 5.78. The molecule has 2 aromatic carbocycles. The minimum absolute atomic E-state index is 0.0896. The van der Waals surface area contributed by atoms with Crippen LogP contribution in [0.3, 0.4) is 0 Å². The first-order chi connectivity index (χ1) is 15.6. The number of benzene rings is 2. The zero-order valence-corrected chi connectivity index (χ0v) is 18.4. The number of pyridine rings is 2. The maximum atomic E-state index is 12.7. The highest BCUT2D eigenvalue weighted by molar-refractivity contribution is 5.98. The van der Waals surface area contributed by atoms with Gasteiger partial charge in [0.05, 0.1) is 6.42 Å². The quantitative estimate of drug-likeness (QED) is 0.379. The molecular weight excluding hydrogens is 394 g/mol. The first-order valence-electron chi connectivity index (χ1n) is 11.3. The number of likely N-dealkylation sites (tertiary alicyclic amines) is 1. The fraction of sp³-hybridized carbons (Fsp3) is 0.250. The summed E-state index contributed by atoms with van der Waals surface area (Å²) < 4.78 is 0. The fourth-order valence-corrected chi connectivity index (χ4v) is 4.40. The third kappa shape index (κ3) is 4.61. The molecule has 0 spiro atoms. The van der Waals surface area contributed by atoms with Gasteiger partial charge in [-0.25, -0.2) is 0 Å². The van der Waals surface area contributed by atoms with Crippen LogP contribution in [0.2, 0.25) is 0 Å². The first kappa shape index (κ1) is 20.5. The highest BCUT2D eigenvalue weighted by Crippen LogP contribution is 2.26. The number of hydrogen-bond acceptors (Lipinski definition) is 4. The van der Waals surface area contributed by atoms with Crippen molar-refractivity contribution in [3.05, 3.63) is 95.6 Å². The number of Topliss-reactive ketones (excluding diaryl/α,β-unsaturated/α-hetero) is 1. The third-order valence-corrected chi connectivity index (χ3v) is 6.23. The van der Waals surface area contributed by atoms with Gasteiger partial charge in [-0.2, -0.15) is 0 Å². The number of aromatic nitrogens is 2. The third-order valence-electron chi connectivity index (χ3n) is 6.23. The van der Waals surface area contributed by atoms with Crippen LogP contribution in [-0.2, 0) is 13.0 Å². The second-order valence-corrected chi connectivity index (χ2v) is 8.77. The molecule has 1 fully saturated rings. The molecule has 0 atom stereocenters. The van der Waals surface area contributed by atoms with Gasteiger partial charge in [-0.05, 0) is 67.6 Å². The molecule has 160 valence electrons. The molecule has 4 heteroatoms. The van der Waals surface area contributed by atoms with Crippen molar-refractivity contribution in [1.29, 1.82) is 0 Å². The molecule has 0 amide bonds. The van der Waals surface area contributed by atoms with E-state index in [1.807, 2.05) is 55.8 Å². The minimum Gasteiger partial charge on any atom is -0.299 e. The van der Waals surface area contributed by atoms with E-state index in [-0.39, 0.29) is 5.78 Å². The lowest BCUT2D eigenvalue weighted by Crippen LogP contribution is -2.18. The van der Waals surface area contributed by atoms with Crippen molar-refractivity contribution in [3.8, 4) is 11.1 Å². The van der Waals surface area contributed by atoms with Gasteiger partial charge in [0, 0.05) is 47.3 Å². The van der Waals surface area contributed by atoms with Crippen molar-refractivity contribution >= 4 is 16.6 Å². The van der Waals surface area contributed by atoms with Crippen LogP contribution in [0.5, 0.6) is 0 Å². The second-order valence-electron chi connectivity index (χ2n) is 8.77. The van der Waals surface area contributed by atoms with E-state index in [0.29, 0.717) is 6.42 Å². The molecule has 0 unspecified atom stereocenters. The van der Waals surface area contributed by atoms with Gasteiger partial charge in [0.25, 0.3) is 0 Å². The monoisotopic (exact) mass is 421 g/mol. The lowest BCUT2D eigenvalue weighted by atomic mass is 10.0.